The summed E-state index contributed by atoms with van der Waals surface area (Å²) in [7, 11) is -2.92. The summed E-state index contributed by atoms with van der Waals surface area (Å²) >= 11 is 1.23. The van der Waals surface area contributed by atoms with Crippen molar-refractivity contribution in [3.05, 3.63) is 125 Å². The summed E-state index contributed by atoms with van der Waals surface area (Å²) in [5.41, 5.74) is 4.50. The molecule has 0 bridgehead atoms. The molecule has 0 amide bonds. The van der Waals surface area contributed by atoms with Gasteiger partial charge in [0, 0.05) is 33.8 Å². The van der Waals surface area contributed by atoms with E-state index in [4.69, 9.17) is 11.3 Å². The lowest BCUT2D eigenvalue weighted by Crippen LogP contribution is -2.14. The largest absolute Gasteiger partial charge is 0.464 e. The highest BCUT2D eigenvalue weighted by molar-refractivity contribution is 7.90. The number of aryl methyl sites for hydroxylation is 1. The van der Waals surface area contributed by atoms with Gasteiger partial charge in [-0.3, -0.25) is 0 Å². The topological polar surface area (TPSA) is 82.6 Å². The second-order valence-corrected chi connectivity index (χ2v) is 12.4. The molecule has 0 unspecified atom stereocenters. The van der Waals surface area contributed by atoms with E-state index in [1.165, 1.54) is 46.8 Å². The predicted molar refractivity (Wildman–Crippen MR) is 165 cm³/mol. The molecule has 0 saturated carbocycles. The lowest BCUT2D eigenvalue weighted by atomic mass is 9.97. The van der Waals surface area contributed by atoms with Gasteiger partial charge in [0.2, 0.25) is 5.00 Å². The smallest absolute Gasteiger partial charge is 0.356 e. The minimum absolute atomic E-state index is 0.0709. The first kappa shape index (κ1) is 28.0. The summed E-state index contributed by atoms with van der Waals surface area (Å²) in [5.74, 6) is -1.09. The SMILES string of the molecule is [C-]#[N+]c1sccc1-c1c(-c2cccc(-c3ccc(C(=O)OC)nc3)c2)n(S(=O)(=O)c2ccc(C)cc2)c2ccc(F)cc12. The van der Waals surface area contributed by atoms with E-state index in [1.807, 2.05) is 19.1 Å². The molecule has 0 fully saturated rings. The predicted octanol–water partition coefficient (Wildman–Crippen LogP) is 8.12. The van der Waals surface area contributed by atoms with Crippen LogP contribution in [0.2, 0.25) is 0 Å². The Labute approximate surface area is 251 Å². The van der Waals surface area contributed by atoms with Crippen molar-refractivity contribution in [3.63, 3.8) is 0 Å². The Morgan fingerprint density at radius 3 is 2.44 bits per heavy atom. The third kappa shape index (κ3) is 4.88. The molecule has 0 N–H and O–H groups in total. The van der Waals surface area contributed by atoms with E-state index in [1.54, 1.807) is 60.0 Å². The van der Waals surface area contributed by atoms with Crippen LogP contribution in [-0.2, 0) is 14.8 Å². The number of carbonyl (C=O) groups excluding carboxylic acids is 1. The molecule has 6 rings (SSSR count). The standard InChI is InChI=1S/C33H22FN3O4S2/c1-20-7-11-25(12-8-20)43(39,40)37-29-14-10-24(34)18-27(29)30(26-15-16-42-32(26)35-2)31(37)22-6-4-5-21(17-22)23-9-13-28(36-19-23)33(38)41-3/h4-19H,1,3H3. The Morgan fingerprint density at radius 1 is 0.977 bits per heavy atom. The fraction of sp³-hybridized carbons (Fsp3) is 0.0606. The number of esters is 1. The Balaban J connectivity index is 1.68. The second-order valence-electron chi connectivity index (χ2n) is 9.72. The zero-order valence-corrected chi connectivity index (χ0v) is 24.5. The van der Waals surface area contributed by atoms with Crippen molar-refractivity contribution in [1.29, 1.82) is 0 Å². The van der Waals surface area contributed by atoms with Crippen molar-refractivity contribution in [2.45, 2.75) is 11.8 Å². The van der Waals surface area contributed by atoms with Gasteiger partial charge < -0.3 is 4.74 Å². The lowest BCUT2D eigenvalue weighted by Gasteiger charge is -2.15. The number of hydrogen-bond acceptors (Lipinski definition) is 6. The zero-order chi connectivity index (χ0) is 30.3. The van der Waals surface area contributed by atoms with E-state index < -0.39 is 21.8 Å². The van der Waals surface area contributed by atoms with Gasteiger partial charge in [-0.25, -0.2) is 31.4 Å². The van der Waals surface area contributed by atoms with E-state index in [9.17, 15) is 17.6 Å². The van der Waals surface area contributed by atoms with Crippen LogP contribution in [0.25, 0.3) is 49.3 Å². The van der Waals surface area contributed by atoms with Crippen molar-refractivity contribution in [2.24, 2.45) is 0 Å². The number of aromatic nitrogens is 2. The third-order valence-electron chi connectivity index (χ3n) is 7.09. The molecule has 3 heterocycles. The highest BCUT2D eigenvalue weighted by atomic mass is 32.2. The molecule has 3 aromatic heterocycles. The maximum Gasteiger partial charge on any atom is 0.356 e. The Kier molecular flexibility index (Phi) is 7.13. The average Bonchev–Trinajstić information content (AvgIpc) is 3.63. The van der Waals surface area contributed by atoms with E-state index >= 15 is 0 Å². The van der Waals surface area contributed by atoms with Crippen LogP contribution in [-0.4, -0.2) is 30.5 Å². The van der Waals surface area contributed by atoms with E-state index in [0.29, 0.717) is 43.9 Å². The van der Waals surface area contributed by atoms with Crippen molar-refractivity contribution in [3.8, 4) is 33.5 Å². The van der Waals surface area contributed by atoms with E-state index in [-0.39, 0.29) is 16.1 Å². The van der Waals surface area contributed by atoms with Gasteiger partial charge in [0.15, 0.2) is 0 Å². The van der Waals surface area contributed by atoms with Gasteiger partial charge in [-0.1, -0.05) is 48.0 Å². The number of thiophene rings is 1. The molecule has 0 radical (unpaired) electrons. The minimum atomic E-state index is -4.20. The van der Waals surface area contributed by atoms with E-state index in [0.717, 1.165) is 5.56 Å². The van der Waals surface area contributed by atoms with Gasteiger partial charge in [0.05, 0.1) is 29.8 Å². The first-order valence-corrected chi connectivity index (χ1v) is 15.3. The number of pyridine rings is 1. The van der Waals surface area contributed by atoms with Crippen molar-refractivity contribution < 1.29 is 22.3 Å². The number of benzene rings is 3. The number of methoxy groups -OCH3 is 1. The number of fused-ring (bicyclic) bond motifs is 1. The van der Waals surface area contributed by atoms with Gasteiger partial charge in [-0.2, -0.15) is 11.3 Å². The molecule has 0 saturated heterocycles. The number of rotatable bonds is 6. The van der Waals surface area contributed by atoms with Crippen LogP contribution in [0, 0.1) is 19.3 Å². The molecular formula is C33H22FN3O4S2. The number of nitrogens with zero attached hydrogens (tertiary/aromatic N) is 3. The van der Waals surface area contributed by atoms with E-state index in [2.05, 4.69) is 9.83 Å². The summed E-state index contributed by atoms with van der Waals surface area (Å²) < 4.78 is 49.6. The van der Waals surface area contributed by atoms with Crippen LogP contribution in [0.15, 0.2) is 101 Å². The first-order chi connectivity index (χ1) is 20.7. The molecule has 212 valence electrons. The summed E-state index contributed by atoms with van der Waals surface area (Å²) in [6.07, 6.45) is 1.54. The van der Waals surface area contributed by atoms with Crippen LogP contribution >= 0.6 is 11.3 Å². The molecule has 6 aromatic rings. The molecule has 0 aliphatic rings. The summed E-state index contributed by atoms with van der Waals surface area (Å²) in [4.78, 5) is 19.8. The number of carbonyl (C=O) groups is 1. The van der Waals surface area contributed by atoms with Crippen LogP contribution in [0.1, 0.15) is 16.1 Å². The van der Waals surface area contributed by atoms with Gasteiger partial charge in [0.25, 0.3) is 10.0 Å². The van der Waals surface area contributed by atoms with Gasteiger partial charge >= 0.3 is 5.97 Å². The van der Waals surface area contributed by atoms with Gasteiger partial charge in [0.1, 0.15) is 11.5 Å². The van der Waals surface area contributed by atoms with Crippen LogP contribution in [0.4, 0.5) is 9.39 Å². The number of hydrogen-bond donors (Lipinski definition) is 0. The first-order valence-electron chi connectivity index (χ1n) is 13.0. The molecule has 0 spiro atoms. The van der Waals surface area contributed by atoms with Gasteiger partial charge in [-0.15, -0.1) is 0 Å². The molecule has 3 aromatic carbocycles. The van der Waals surface area contributed by atoms with Crippen LogP contribution < -0.4 is 0 Å². The molecule has 0 aliphatic carbocycles. The van der Waals surface area contributed by atoms with Crippen LogP contribution in [0.5, 0.6) is 0 Å². The highest BCUT2D eigenvalue weighted by Crippen LogP contribution is 2.48. The number of halogens is 1. The lowest BCUT2D eigenvalue weighted by molar-refractivity contribution is 0.0594. The van der Waals surface area contributed by atoms with Crippen LogP contribution in [0.3, 0.4) is 0 Å². The third-order valence-corrected chi connectivity index (χ3v) is 9.62. The fourth-order valence-corrected chi connectivity index (χ4v) is 7.28. The van der Waals surface area contributed by atoms with Crippen molar-refractivity contribution >= 4 is 43.2 Å². The zero-order valence-electron chi connectivity index (χ0n) is 22.9. The van der Waals surface area contributed by atoms with Crippen molar-refractivity contribution in [2.75, 3.05) is 7.11 Å². The number of ether oxygens (including phenoxy) is 1. The Morgan fingerprint density at radius 2 is 1.74 bits per heavy atom. The average molecular weight is 608 g/mol. The molecule has 0 aliphatic heterocycles. The molecule has 7 nitrogen and oxygen atoms in total. The second kappa shape index (κ2) is 10.9. The molecule has 0 atom stereocenters. The molecule has 10 heteroatoms. The summed E-state index contributed by atoms with van der Waals surface area (Å²) in [6.45, 7) is 9.63. The Hall–Kier alpha value is -5.11. The molecule has 43 heavy (non-hydrogen) atoms. The monoisotopic (exact) mass is 607 g/mol. The molecular weight excluding hydrogens is 586 g/mol. The quantitative estimate of drug-likeness (QED) is 0.141. The van der Waals surface area contributed by atoms with Crippen molar-refractivity contribution in [1.82, 2.24) is 8.96 Å². The Bertz CT molecular complexity index is 2180. The highest BCUT2D eigenvalue weighted by Gasteiger charge is 2.30. The fourth-order valence-electron chi connectivity index (χ4n) is 5.05. The van der Waals surface area contributed by atoms with Gasteiger partial charge in [-0.05, 0) is 60.3 Å². The minimum Gasteiger partial charge on any atom is -0.464 e. The normalized spacial score (nSPS) is 11.4. The summed E-state index contributed by atoms with van der Waals surface area (Å²) in [6, 6.07) is 22.8. The summed E-state index contributed by atoms with van der Waals surface area (Å²) in [5, 5.41) is 2.48. The maximum absolute atomic E-state index is 14.8. The maximum atomic E-state index is 14.8.